The standard InChI is InChI=1S/C24H23FN4O2/c1-2-3-12-28-16-26-22-20(17-8-5-4-6-9-17)14-29(23(22)24(28)31)15-21(30)27-19-11-7-10-18(25)13-19/h4-11,13-14,16H,2-3,12,15H2,1H3,(H,27,30). The molecule has 4 aromatic rings. The molecule has 0 spiro atoms. The average molecular weight is 418 g/mol. The Labute approximate surface area is 179 Å². The van der Waals surface area contributed by atoms with Crippen molar-refractivity contribution in [2.75, 3.05) is 5.32 Å². The number of hydrogen-bond donors (Lipinski definition) is 1. The second kappa shape index (κ2) is 8.95. The molecule has 2 aromatic heterocycles. The summed E-state index contributed by atoms with van der Waals surface area (Å²) < 4.78 is 16.6. The molecule has 7 heteroatoms. The number of nitrogens with zero attached hydrogens (tertiary/aromatic N) is 3. The maximum Gasteiger partial charge on any atom is 0.277 e. The zero-order valence-corrected chi connectivity index (χ0v) is 17.2. The van der Waals surface area contributed by atoms with Crippen LogP contribution in [0.4, 0.5) is 10.1 Å². The van der Waals surface area contributed by atoms with Crippen molar-refractivity contribution in [2.24, 2.45) is 0 Å². The summed E-state index contributed by atoms with van der Waals surface area (Å²) in [6.07, 6.45) is 5.17. The van der Waals surface area contributed by atoms with E-state index in [2.05, 4.69) is 17.2 Å². The van der Waals surface area contributed by atoms with Crippen LogP contribution < -0.4 is 10.9 Å². The van der Waals surface area contributed by atoms with Crippen molar-refractivity contribution in [1.29, 1.82) is 0 Å². The number of anilines is 1. The number of carbonyl (C=O) groups excluding carboxylic acids is 1. The number of halogens is 1. The van der Waals surface area contributed by atoms with Gasteiger partial charge in [-0.15, -0.1) is 0 Å². The summed E-state index contributed by atoms with van der Waals surface area (Å²) >= 11 is 0. The van der Waals surface area contributed by atoms with Gasteiger partial charge in [-0.25, -0.2) is 9.37 Å². The lowest BCUT2D eigenvalue weighted by atomic mass is 10.1. The molecule has 6 nitrogen and oxygen atoms in total. The number of nitrogens with one attached hydrogen (secondary N) is 1. The SMILES string of the molecule is CCCCn1cnc2c(-c3ccccc3)cn(CC(=O)Nc3cccc(F)c3)c2c1=O. The molecule has 31 heavy (non-hydrogen) atoms. The number of rotatable bonds is 7. The van der Waals surface area contributed by atoms with E-state index < -0.39 is 5.82 Å². The molecule has 0 aliphatic carbocycles. The Balaban J connectivity index is 1.75. The Morgan fingerprint density at radius 3 is 2.65 bits per heavy atom. The first-order chi connectivity index (χ1) is 15.1. The normalized spacial score (nSPS) is 11.0. The molecule has 0 unspecified atom stereocenters. The van der Waals surface area contributed by atoms with Crippen molar-refractivity contribution in [3.05, 3.63) is 83.3 Å². The fourth-order valence-corrected chi connectivity index (χ4v) is 3.58. The molecule has 0 radical (unpaired) electrons. The van der Waals surface area contributed by atoms with E-state index in [1.807, 2.05) is 30.3 Å². The minimum Gasteiger partial charge on any atom is -0.332 e. The highest BCUT2D eigenvalue weighted by atomic mass is 19.1. The highest BCUT2D eigenvalue weighted by Crippen LogP contribution is 2.27. The molecule has 1 N–H and O–H groups in total. The number of aryl methyl sites for hydroxylation is 1. The second-order valence-electron chi connectivity index (χ2n) is 7.39. The van der Waals surface area contributed by atoms with Crippen molar-refractivity contribution in [2.45, 2.75) is 32.9 Å². The smallest absolute Gasteiger partial charge is 0.277 e. The van der Waals surface area contributed by atoms with E-state index in [4.69, 9.17) is 0 Å². The van der Waals surface area contributed by atoms with Gasteiger partial charge in [0.25, 0.3) is 5.56 Å². The summed E-state index contributed by atoms with van der Waals surface area (Å²) in [4.78, 5) is 30.4. The summed E-state index contributed by atoms with van der Waals surface area (Å²) in [5.41, 5.74) is 2.82. The number of hydrogen-bond acceptors (Lipinski definition) is 3. The zero-order chi connectivity index (χ0) is 21.8. The van der Waals surface area contributed by atoms with Crippen LogP contribution in [0.1, 0.15) is 19.8 Å². The van der Waals surface area contributed by atoms with Gasteiger partial charge in [-0.3, -0.25) is 14.2 Å². The van der Waals surface area contributed by atoms with Gasteiger partial charge in [0.1, 0.15) is 23.4 Å². The summed E-state index contributed by atoms with van der Waals surface area (Å²) in [5, 5.41) is 2.68. The highest BCUT2D eigenvalue weighted by molar-refractivity contribution is 5.95. The van der Waals surface area contributed by atoms with Gasteiger partial charge in [0, 0.05) is 24.0 Å². The first-order valence-electron chi connectivity index (χ1n) is 10.3. The second-order valence-corrected chi connectivity index (χ2v) is 7.39. The lowest BCUT2D eigenvalue weighted by Gasteiger charge is -2.08. The summed E-state index contributed by atoms with van der Waals surface area (Å²) in [6.45, 7) is 2.54. The van der Waals surface area contributed by atoms with Gasteiger partial charge in [-0.2, -0.15) is 0 Å². The third kappa shape index (κ3) is 4.40. The average Bonchev–Trinajstić information content (AvgIpc) is 3.13. The van der Waals surface area contributed by atoms with Crippen LogP contribution in [-0.2, 0) is 17.9 Å². The third-order valence-electron chi connectivity index (χ3n) is 5.10. The van der Waals surface area contributed by atoms with E-state index in [1.54, 1.807) is 27.7 Å². The van der Waals surface area contributed by atoms with E-state index in [0.717, 1.165) is 24.0 Å². The maximum atomic E-state index is 13.4. The fraction of sp³-hybridized carbons (Fsp3) is 0.208. The molecular formula is C24H23FN4O2. The van der Waals surface area contributed by atoms with Crippen LogP contribution in [0, 0.1) is 5.82 Å². The van der Waals surface area contributed by atoms with E-state index in [0.29, 0.717) is 23.3 Å². The van der Waals surface area contributed by atoms with Gasteiger partial charge in [-0.1, -0.05) is 49.7 Å². The van der Waals surface area contributed by atoms with Gasteiger partial charge in [0.15, 0.2) is 0 Å². The van der Waals surface area contributed by atoms with Crippen molar-refractivity contribution < 1.29 is 9.18 Å². The number of carbonyl (C=O) groups is 1. The summed E-state index contributed by atoms with van der Waals surface area (Å²) in [7, 11) is 0. The van der Waals surface area contributed by atoms with Gasteiger partial charge in [0.05, 0.1) is 6.33 Å². The largest absolute Gasteiger partial charge is 0.332 e. The highest BCUT2D eigenvalue weighted by Gasteiger charge is 2.18. The first-order valence-corrected chi connectivity index (χ1v) is 10.3. The lowest BCUT2D eigenvalue weighted by Crippen LogP contribution is -2.25. The molecule has 0 fully saturated rings. The lowest BCUT2D eigenvalue weighted by molar-refractivity contribution is -0.116. The molecule has 4 rings (SSSR count). The number of fused-ring (bicyclic) bond motifs is 1. The molecule has 0 bridgehead atoms. The molecule has 1 amide bonds. The Bertz CT molecular complexity index is 1280. The maximum absolute atomic E-state index is 13.4. The predicted molar refractivity (Wildman–Crippen MR) is 119 cm³/mol. The summed E-state index contributed by atoms with van der Waals surface area (Å²) in [6, 6.07) is 15.3. The number of aromatic nitrogens is 3. The van der Waals surface area contributed by atoms with Gasteiger partial charge in [-0.05, 0) is 30.2 Å². The third-order valence-corrected chi connectivity index (χ3v) is 5.10. The van der Waals surface area contributed by atoms with Crippen LogP contribution in [0.5, 0.6) is 0 Å². The van der Waals surface area contributed by atoms with Crippen LogP contribution in [0.2, 0.25) is 0 Å². The van der Waals surface area contributed by atoms with Crippen molar-refractivity contribution >= 4 is 22.6 Å². The van der Waals surface area contributed by atoms with Crippen molar-refractivity contribution in [1.82, 2.24) is 14.1 Å². The van der Waals surface area contributed by atoms with Crippen LogP contribution in [0.15, 0.2) is 71.9 Å². The molecule has 158 valence electrons. The van der Waals surface area contributed by atoms with Crippen LogP contribution >= 0.6 is 0 Å². The molecule has 0 aliphatic heterocycles. The predicted octanol–water partition coefficient (Wildman–Crippen LogP) is 4.44. The molecule has 0 saturated carbocycles. The van der Waals surface area contributed by atoms with Crippen LogP contribution in [-0.4, -0.2) is 20.0 Å². The number of unbranched alkanes of at least 4 members (excludes halogenated alkanes) is 1. The van der Waals surface area contributed by atoms with Gasteiger partial charge >= 0.3 is 0 Å². The zero-order valence-electron chi connectivity index (χ0n) is 17.2. The Morgan fingerprint density at radius 1 is 1.10 bits per heavy atom. The molecule has 2 aromatic carbocycles. The van der Waals surface area contributed by atoms with E-state index >= 15 is 0 Å². The topological polar surface area (TPSA) is 68.9 Å². The van der Waals surface area contributed by atoms with Gasteiger partial charge < -0.3 is 9.88 Å². The quantitative estimate of drug-likeness (QED) is 0.482. The molecular weight excluding hydrogens is 395 g/mol. The summed E-state index contributed by atoms with van der Waals surface area (Å²) in [5.74, 6) is -0.788. The number of amides is 1. The van der Waals surface area contributed by atoms with Crippen molar-refractivity contribution in [3.8, 4) is 11.1 Å². The number of benzene rings is 2. The van der Waals surface area contributed by atoms with E-state index in [1.165, 1.54) is 18.2 Å². The monoisotopic (exact) mass is 418 g/mol. The van der Waals surface area contributed by atoms with E-state index in [-0.39, 0.29) is 18.0 Å². The Morgan fingerprint density at radius 2 is 1.90 bits per heavy atom. The minimum absolute atomic E-state index is 0.0887. The van der Waals surface area contributed by atoms with E-state index in [9.17, 15) is 14.0 Å². The minimum atomic E-state index is -0.432. The Hall–Kier alpha value is -3.74. The first kappa shape index (κ1) is 20.5. The fourth-order valence-electron chi connectivity index (χ4n) is 3.58. The molecule has 0 aliphatic rings. The van der Waals surface area contributed by atoms with Crippen LogP contribution in [0.3, 0.4) is 0 Å². The van der Waals surface area contributed by atoms with Crippen LogP contribution in [0.25, 0.3) is 22.2 Å². The molecule has 0 saturated heterocycles. The molecule has 2 heterocycles. The molecule has 0 atom stereocenters. The van der Waals surface area contributed by atoms with Gasteiger partial charge in [0.2, 0.25) is 5.91 Å². The van der Waals surface area contributed by atoms with Crippen molar-refractivity contribution in [3.63, 3.8) is 0 Å². The Kier molecular flexibility index (Phi) is 5.93.